The standard InChI is InChI=1S/C9H8N2O/c1-11-8-5-3-2-4-7(8)10-9(11)6-12/h2-6H,1H3/p+1. The number of aryl methyl sites for hydroxylation is 1. The summed E-state index contributed by atoms with van der Waals surface area (Å²) in [6.07, 6.45) is 0.819. The number of nitrogens with zero attached hydrogens (tertiary/aromatic N) is 1. The van der Waals surface area contributed by atoms with Crippen LogP contribution in [0.25, 0.3) is 11.0 Å². The Labute approximate surface area is 69.6 Å². The van der Waals surface area contributed by atoms with Crippen molar-refractivity contribution in [2.75, 3.05) is 0 Å². The Kier molecular flexibility index (Phi) is 1.43. The number of aromatic amines is 1. The Hall–Kier alpha value is -1.64. The van der Waals surface area contributed by atoms with E-state index < -0.39 is 0 Å². The molecule has 0 saturated heterocycles. The van der Waals surface area contributed by atoms with E-state index in [1.807, 2.05) is 35.9 Å². The van der Waals surface area contributed by atoms with E-state index in [1.54, 1.807) is 0 Å². The Bertz CT molecular complexity index is 431. The van der Waals surface area contributed by atoms with Crippen LogP contribution in [0.3, 0.4) is 0 Å². The van der Waals surface area contributed by atoms with Gasteiger partial charge in [0.2, 0.25) is 6.29 Å². The summed E-state index contributed by atoms with van der Waals surface area (Å²) in [6.45, 7) is 0. The average molecular weight is 161 g/mol. The lowest BCUT2D eigenvalue weighted by molar-refractivity contribution is -0.646. The fourth-order valence-corrected chi connectivity index (χ4v) is 1.33. The third-order valence-electron chi connectivity index (χ3n) is 2.00. The van der Waals surface area contributed by atoms with Crippen LogP contribution in [0.15, 0.2) is 24.3 Å². The average Bonchev–Trinajstić information content (AvgIpc) is 2.44. The molecule has 0 aliphatic rings. The third kappa shape index (κ3) is 0.830. The number of H-pyrrole nitrogens is 1. The lowest BCUT2D eigenvalue weighted by Crippen LogP contribution is -2.31. The Morgan fingerprint density at radius 2 is 2.17 bits per heavy atom. The van der Waals surface area contributed by atoms with Crippen LogP contribution in [-0.2, 0) is 7.05 Å². The van der Waals surface area contributed by atoms with Crippen molar-refractivity contribution in [3.8, 4) is 0 Å². The van der Waals surface area contributed by atoms with Crippen LogP contribution in [0.4, 0.5) is 0 Å². The van der Waals surface area contributed by atoms with Crippen molar-refractivity contribution in [2.45, 2.75) is 0 Å². The van der Waals surface area contributed by atoms with E-state index in [1.165, 1.54) is 0 Å². The molecule has 2 aromatic rings. The summed E-state index contributed by atoms with van der Waals surface area (Å²) < 4.78 is 1.84. The molecule has 0 amide bonds. The number of nitrogens with one attached hydrogen (secondary N) is 1. The molecule has 0 saturated carbocycles. The maximum atomic E-state index is 10.5. The van der Waals surface area contributed by atoms with Crippen molar-refractivity contribution in [3.05, 3.63) is 30.1 Å². The number of benzene rings is 1. The molecule has 1 aromatic heterocycles. The maximum Gasteiger partial charge on any atom is 0.320 e. The highest BCUT2D eigenvalue weighted by Gasteiger charge is 2.12. The van der Waals surface area contributed by atoms with Gasteiger partial charge in [0.1, 0.15) is 0 Å². The van der Waals surface area contributed by atoms with E-state index >= 15 is 0 Å². The quantitative estimate of drug-likeness (QED) is 0.487. The molecule has 0 atom stereocenters. The van der Waals surface area contributed by atoms with Gasteiger partial charge in [-0.2, -0.15) is 0 Å². The first-order valence-corrected chi connectivity index (χ1v) is 3.75. The van der Waals surface area contributed by atoms with Crippen molar-refractivity contribution >= 4 is 17.3 Å². The molecule has 3 heteroatoms. The maximum absolute atomic E-state index is 10.5. The van der Waals surface area contributed by atoms with Crippen LogP contribution in [0.5, 0.6) is 0 Å². The van der Waals surface area contributed by atoms with E-state index in [0.29, 0.717) is 5.82 Å². The first-order valence-electron chi connectivity index (χ1n) is 3.75. The molecule has 0 spiro atoms. The number of carbonyl (C=O) groups is 1. The van der Waals surface area contributed by atoms with Gasteiger partial charge in [0, 0.05) is 0 Å². The van der Waals surface area contributed by atoms with E-state index in [9.17, 15) is 4.79 Å². The predicted molar refractivity (Wildman–Crippen MR) is 44.9 cm³/mol. The molecular weight excluding hydrogens is 152 g/mol. The van der Waals surface area contributed by atoms with E-state index in [-0.39, 0.29) is 0 Å². The molecule has 1 N–H and O–H groups in total. The first-order chi connectivity index (χ1) is 5.83. The molecule has 3 nitrogen and oxygen atoms in total. The number of hydrogen-bond donors (Lipinski definition) is 1. The van der Waals surface area contributed by atoms with Crippen LogP contribution < -0.4 is 4.57 Å². The van der Waals surface area contributed by atoms with Crippen molar-refractivity contribution in [1.82, 2.24) is 4.98 Å². The fraction of sp³-hybridized carbons (Fsp3) is 0.111. The smallest absolute Gasteiger partial charge is 0.289 e. The number of para-hydroxylation sites is 2. The van der Waals surface area contributed by atoms with Crippen LogP contribution in [-0.4, -0.2) is 11.3 Å². The normalized spacial score (nSPS) is 10.4. The van der Waals surface area contributed by atoms with Gasteiger partial charge in [-0.25, -0.2) is 9.55 Å². The molecule has 1 aromatic carbocycles. The first kappa shape index (κ1) is 7.03. The van der Waals surface area contributed by atoms with E-state index in [2.05, 4.69) is 4.98 Å². The van der Waals surface area contributed by atoms with Gasteiger partial charge in [0.05, 0.1) is 7.05 Å². The molecule has 0 radical (unpaired) electrons. The van der Waals surface area contributed by atoms with Gasteiger partial charge in [-0.3, -0.25) is 4.79 Å². The predicted octanol–water partition coefficient (Wildman–Crippen LogP) is 0.805. The van der Waals surface area contributed by atoms with Crippen LogP contribution in [0, 0.1) is 0 Å². The number of carbonyl (C=O) groups excluding carboxylic acids is 1. The number of aromatic nitrogens is 2. The lowest BCUT2D eigenvalue weighted by atomic mass is 10.3. The van der Waals surface area contributed by atoms with Crippen molar-refractivity contribution in [1.29, 1.82) is 0 Å². The Balaban J connectivity index is 2.87. The van der Waals surface area contributed by atoms with Crippen molar-refractivity contribution in [2.24, 2.45) is 7.05 Å². The van der Waals surface area contributed by atoms with E-state index in [0.717, 1.165) is 17.3 Å². The molecule has 12 heavy (non-hydrogen) atoms. The van der Waals surface area contributed by atoms with Crippen molar-refractivity contribution < 1.29 is 9.36 Å². The molecule has 0 bridgehead atoms. The van der Waals surface area contributed by atoms with Crippen LogP contribution in [0.1, 0.15) is 10.6 Å². The summed E-state index contributed by atoms with van der Waals surface area (Å²) in [6, 6.07) is 7.80. The highest BCUT2D eigenvalue weighted by Crippen LogP contribution is 2.06. The second kappa shape index (κ2) is 2.44. The summed E-state index contributed by atoms with van der Waals surface area (Å²) in [5.41, 5.74) is 2.03. The largest absolute Gasteiger partial charge is 0.320 e. The number of fused-ring (bicyclic) bond motifs is 1. The minimum atomic E-state index is 0.594. The molecule has 1 heterocycles. The summed E-state index contributed by atoms with van der Waals surface area (Å²) >= 11 is 0. The summed E-state index contributed by atoms with van der Waals surface area (Å²) in [4.78, 5) is 13.6. The van der Waals surface area contributed by atoms with E-state index in [4.69, 9.17) is 0 Å². The molecule has 60 valence electrons. The monoisotopic (exact) mass is 161 g/mol. The van der Waals surface area contributed by atoms with Crippen LogP contribution >= 0.6 is 0 Å². The van der Waals surface area contributed by atoms with Crippen molar-refractivity contribution in [3.63, 3.8) is 0 Å². The summed E-state index contributed by atoms with van der Waals surface area (Å²) in [7, 11) is 1.86. The fourth-order valence-electron chi connectivity index (χ4n) is 1.33. The molecular formula is C9H9N2O+. The minimum absolute atomic E-state index is 0.594. The van der Waals surface area contributed by atoms with Gasteiger partial charge >= 0.3 is 5.82 Å². The van der Waals surface area contributed by atoms with Gasteiger partial charge in [-0.15, -0.1) is 0 Å². The number of aldehydes is 1. The van der Waals surface area contributed by atoms with Gasteiger partial charge < -0.3 is 0 Å². The van der Waals surface area contributed by atoms with Gasteiger partial charge in [-0.05, 0) is 12.1 Å². The second-order valence-electron chi connectivity index (χ2n) is 2.70. The molecule has 2 rings (SSSR count). The topological polar surface area (TPSA) is 36.7 Å². The Morgan fingerprint density at radius 1 is 1.42 bits per heavy atom. The number of rotatable bonds is 1. The van der Waals surface area contributed by atoms with Gasteiger partial charge in [0.25, 0.3) is 0 Å². The van der Waals surface area contributed by atoms with Gasteiger partial charge in [-0.1, -0.05) is 12.1 Å². The molecule has 0 fully saturated rings. The molecule has 0 aliphatic carbocycles. The van der Waals surface area contributed by atoms with Crippen LogP contribution in [0.2, 0.25) is 0 Å². The third-order valence-corrected chi connectivity index (χ3v) is 2.00. The lowest BCUT2D eigenvalue weighted by Gasteiger charge is -1.84. The SMILES string of the molecule is C[n+]1c(C=O)[nH]c2ccccc21. The van der Waals surface area contributed by atoms with Gasteiger partial charge in [0.15, 0.2) is 11.0 Å². The summed E-state index contributed by atoms with van der Waals surface area (Å²) in [5, 5.41) is 0. The highest BCUT2D eigenvalue weighted by atomic mass is 16.1. The summed E-state index contributed by atoms with van der Waals surface area (Å²) in [5.74, 6) is 0.594. The zero-order valence-corrected chi connectivity index (χ0v) is 6.74. The highest BCUT2D eigenvalue weighted by molar-refractivity contribution is 5.77. The zero-order chi connectivity index (χ0) is 8.55. The minimum Gasteiger partial charge on any atom is -0.289 e. The number of imidazole rings is 1. The zero-order valence-electron chi connectivity index (χ0n) is 6.74. The molecule has 0 unspecified atom stereocenters. The Morgan fingerprint density at radius 3 is 2.83 bits per heavy atom. The number of hydrogen-bond acceptors (Lipinski definition) is 1. The molecule has 0 aliphatic heterocycles. The second-order valence-corrected chi connectivity index (χ2v) is 2.70.